The standard InChI is InChI=1S/C19H19F4N3O2/c20-11-7-12(21)9-13(8-11)26-17(27)14-1-2-15(24-16(14)25-18(26)28)10-3-5-19(22,23)6-4-10/h7-10,15,24H,1-6H2,(H,25,28)/t15-/m1/s1. The monoisotopic (exact) mass is 397 g/mol. The number of benzene rings is 1. The number of rotatable bonds is 2. The predicted molar refractivity (Wildman–Crippen MR) is 95.2 cm³/mol. The van der Waals surface area contributed by atoms with E-state index < -0.39 is 28.8 Å². The van der Waals surface area contributed by atoms with Crippen molar-refractivity contribution >= 4 is 5.82 Å². The molecule has 1 aliphatic carbocycles. The third-order valence-electron chi connectivity index (χ3n) is 5.67. The van der Waals surface area contributed by atoms with Crippen LogP contribution >= 0.6 is 0 Å². The van der Waals surface area contributed by atoms with Gasteiger partial charge in [0.1, 0.15) is 17.5 Å². The highest BCUT2D eigenvalue weighted by atomic mass is 19.3. The van der Waals surface area contributed by atoms with Gasteiger partial charge in [-0.15, -0.1) is 0 Å². The van der Waals surface area contributed by atoms with Gasteiger partial charge < -0.3 is 5.32 Å². The zero-order valence-corrected chi connectivity index (χ0v) is 14.9. The van der Waals surface area contributed by atoms with Gasteiger partial charge in [0.25, 0.3) is 5.56 Å². The van der Waals surface area contributed by atoms with Crippen LogP contribution in [-0.4, -0.2) is 21.5 Å². The van der Waals surface area contributed by atoms with E-state index in [4.69, 9.17) is 0 Å². The van der Waals surface area contributed by atoms with Gasteiger partial charge in [-0.2, -0.15) is 0 Å². The van der Waals surface area contributed by atoms with Crippen LogP contribution in [-0.2, 0) is 6.42 Å². The number of hydrogen-bond donors (Lipinski definition) is 2. The average Bonchev–Trinajstić information content (AvgIpc) is 2.60. The van der Waals surface area contributed by atoms with Crippen molar-refractivity contribution in [3.05, 3.63) is 56.2 Å². The Labute approximate surface area is 157 Å². The van der Waals surface area contributed by atoms with Gasteiger partial charge in [0.15, 0.2) is 0 Å². The van der Waals surface area contributed by atoms with E-state index in [2.05, 4.69) is 10.3 Å². The number of nitrogens with one attached hydrogen (secondary N) is 2. The van der Waals surface area contributed by atoms with E-state index in [1.165, 1.54) is 0 Å². The summed E-state index contributed by atoms with van der Waals surface area (Å²) < 4.78 is 54.5. The van der Waals surface area contributed by atoms with E-state index in [0.717, 1.165) is 12.1 Å². The first kappa shape index (κ1) is 18.8. The van der Waals surface area contributed by atoms with Crippen molar-refractivity contribution in [3.8, 4) is 5.69 Å². The van der Waals surface area contributed by atoms with Crippen molar-refractivity contribution in [1.82, 2.24) is 9.55 Å². The summed E-state index contributed by atoms with van der Waals surface area (Å²) in [5.41, 5.74) is -1.35. The maximum absolute atomic E-state index is 13.5. The van der Waals surface area contributed by atoms with E-state index in [-0.39, 0.29) is 36.3 Å². The van der Waals surface area contributed by atoms with Crippen LogP contribution in [0.5, 0.6) is 0 Å². The molecule has 28 heavy (non-hydrogen) atoms. The molecule has 0 bridgehead atoms. The smallest absolute Gasteiger partial charge is 0.334 e. The molecule has 0 spiro atoms. The summed E-state index contributed by atoms with van der Waals surface area (Å²) in [4.78, 5) is 27.8. The van der Waals surface area contributed by atoms with Gasteiger partial charge in [-0.25, -0.2) is 26.9 Å². The molecule has 0 unspecified atom stereocenters. The highest BCUT2D eigenvalue weighted by molar-refractivity contribution is 5.48. The molecule has 2 aromatic rings. The first-order valence-electron chi connectivity index (χ1n) is 9.22. The molecular formula is C19H19F4N3O2. The number of fused-ring (bicyclic) bond motifs is 1. The number of anilines is 1. The molecule has 0 radical (unpaired) electrons. The first-order valence-corrected chi connectivity index (χ1v) is 9.22. The summed E-state index contributed by atoms with van der Waals surface area (Å²) in [6, 6.07) is 2.36. The SMILES string of the molecule is O=c1[nH]c2c(c(=O)n1-c1cc(F)cc(F)c1)CC[C@H](C1CCC(F)(F)CC1)N2. The zero-order chi connectivity index (χ0) is 20.1. The van der Waals surface area contributed by atoms with Crippen molar-refractivity contribution in [3.63, 3.8) is 0 Å². The molecule has 5 nitrogen and oxygen atoms in total. The van der Waals surface area contributed by atoms with E-state index in [1.54, 1.807) is 0 Å². The Morgan fingerprint density at radius 3 is 2.29 bits per heavy atom. The number of halogens is 4. The molecule has 1 aromatic heterocycles. The van der Waals surface area contributed by atoms with Crippen molar-refractivity contribution in [2.75, 3.05) is 5.32 Å². The number of aromatic amines is 1. The van der Waals surface area contributed by atoms with Crippen LogP contribution in [0, 0.1) is 17.6 Å². The Bertz CT molecular complexity index is 1000. The molecule has 1 fully saturated rings. The third-order valence-corrected chi connectivity index (χ3v) is 5.67. The lowest BCUT2D eigenvalue weighted by molar-refractivity contribution is -0.0478. The Kier molecular flexibility index (Phi) is 4.55. The Morgan fingerprint density at radius 1 is 1.00 bits per heavy atom. The minimum atomic E-state index is -2.62. The number of aromatic nitrogens is 2. The molecule has 0 amide bonds. The molecule has 1 atom stereocenters. The quantitative estimate of drug-likeness (QED) is 0.764. The lowest BCUT2D eigenvalue weighted by Gasteiger charge is -2.37. The van der Waals surface area contributed by atoms with E-state index in [0.29, 0.717) is 41.9 Å². The van der Waals surface area contributed by atoms with Gasteiger partial charge in [-0.3, -0.25) is 9.78 Å². The van der Waals surface area contributed by atoms with Gasteiger partial charge in [-0.1, -0.05) is 0 Å². The molecule has 0 saturated heterocycles. The lowest BCUT2D eigenvalue weighted by Crippen LogP contribution is -2.43. The minimum Gasteiger partial charge on any atom is -0.368 e. The molecule has 1 aliphatic heterocycles. The van der Waals surface area contributed by atoms with Crippen molar-refractivity contribution in [2.45, 2.75) is 50.5 Å². The fourth-order valence-corrected chi connectivity index (χ4v) is 4.21. The van der Waals surface area contributed by atoms with E-state index in [1.807, 2.05) is 0 Å². The Balaban J connectivity index is 1.64. The highest BCUT2D eigenvalue weighted by Crippen LogP contribution is 2.39. The molecule has 2 aliphatic rings. The topological polar surface area (TPSA) is 66.9 Å². The molecule has 2 N–H and O–H groups in total. The van der Waals surface area contributed by atoms with Crippen LogP contribution in [0.3, 0.4) is 0 Å². The second-order valence-electron chi connectivity index (χ2n) is 7.53. The molecule has 150 valence electrons. The van der Waals surface area contributed by atoms with Crippen molar-refractivity contribution in [1.29, 1.82) is 0 Å². The van der Waals surface area contributed by atoms with Gasteiger partial charge in [-0.05, 0) is 43.7 Å². The van der Waals surface area contributed by atoms with Crippen LogP contribution in [0.2, 0.25) is 0 Å². The second-order valence-corrected chi connectivity index (χ2v) is 7.53. The lowest BCUT2D eigenvalue weighted by atomic mass is 9.79. The van der Waals surface area contributed by atoms with Crippen molar-refractivity contribution < 1.29 is 17.6 Å². The normalized spacial score (nSPS) is 21.8. The largest absolute Gasteiger partial charge is 0.368 e. The number of nitrogens with zero attached hydrogens (tertiary/aromatic N) is 1. The van der Waals surface area contributed by atoms with Gasteiger partial charge >= 0.3 is 5.69 Å². The fourth-order valence-electron chi connectivity index (χ4n) is 4.21. The van der Waals surface area contributed by atoms with Crippen LogP contribution in [0.25, 0.3) is 5.69 Å². The summed E-state index contributed by atoms with van der Waals surface area (Å²) in [5.74, 6) is -4.11. The Hall–Kier alpha value is -2.58. The van der Waals surface area contributed by atoms with Crippen molar-refractivity contribution in [2.24, 2.45) is 5.92 Å². The molecule has 2 heterocycles. The molecule has 1 aromatic carbocycles. The maximum atomic E-state index is 13.5. The van der Waals surface area contributed by atoms with Crippen LogP contribution < -0.4 is 16.6 Å². The Morgan fingerprint density at radius 2 is 1.64 bits per heavy atom. The van der Waals surface area contributed by atoms with E-state index in [9.17, 15) is 27.2 Å². The minimum absolute atomic E-state index is 0.0380. The summed E-state index contributed by atoms with van der Waals surface area (Å²) in [7, 11) is 0. The van der Waals surface area contributed by atoms with Crippen LogP contribution in [0.4, 0.5) is 23.4 Å². The van der Waals surface area contributed by atoms with Gasteiger partial charge in [0.05, 0.1) is 11.3 Å². The number of H-pyrrole nitrogens is 1. The summed E-state index contributed by atoms with van der Waals surface area (Å²) in [5, 5.41) is 3.12. The zero-order valence-electron chi connectivity index (χ0n) is 14.9. The molecule has 9 heteroatoms. The average molecular weight is 397 g/mol. The third kappa shape index (κ3) is 3.45. The molecule has 4 rings (SSSR count). The highest BCUT2D eigenvalue weighted by Gasteiger charge is 2.38. The number of alkyl halides is 2. The van der Waals surface area contributed by atoms with Gasteiger partial charge in [0.2, 0.25) is 5.92 Å². The molecular weight excluding hydrogens is 378 g/mol. The predicted octanol–water partition coefficient (Wildman–Crippen LogP) is 3.36. The summed E-state index contributed by atoms with van der Waals surface area (Å²) in [6.07, 6.45) is 1.33. The van der Waals surface area contributed by atoms with Gasteiger partial charge in [0, 0.05) is 24.9 Å². The van der Waals surface area contributed by atoms with Crippen LogP contribution in [0.15, 0.2) is 27.8 Å². The van der Waals surface area contributed by atoms with Crippen LogP contribution in [0.1, 0.15) is 37.7 Å². The maximum Gasteiger partial charge on any atom is 0.334 e. The van der Waals surface area contributed by atoms with E-state index >= 15 is 0 Å². The second kappa shape index (κ2) is 6.79. The summed E-state index contributed by atoms with van der Waals surface area (Å²) >= 11 is 0. The fraction of sp³-hybridized carbons (Fsp3) is 0.474. The number of hydrogen-bond acceptors (Lipinski definition) is 3. The summed E-state index contributed by atoms with van der Waals surface area (Å²) in [6.45, 7) is 0. The molecule has 1 saturated carbocycles. The first-order chi connectivity index (χ1) is 13.2.